The Morgan fingerprint density at radius 1 is 1.25 bits per heavy atom. The number of ether oxygens (including phenoxy) is 1. The molecular formula is C13H19ClN4O2. The molecule has 0 spiro atoms. The molecular weight excluding hydrogens is 280 g/mol. The fourth-order valence-electron chi connectivity index (χ4n) is 2.08. The normalized spacial score (nSPS) is 14.4. The van der Waals surface area contributed by atoms with E-state index in [4.69, 9.17) is 16.3 Å². The van der Waals surface area contributed by atoms with Crippen LogP contribution >= 0.6 is 11.6 Å². The molecule has 0 saturated carbocycles. The minimum atomic E-state index is -0.559. The molecule has 0 fully saturated rings. The van der Waals surface area contributed by atoms with E-state index in [9.17, 15) is 4.79 Å². The summed E-state index contributed by atoms with van der Waals surface area (Å²) < 4.78 is 5.14. The second-order valence-electron chi connectivity index (χ2n) is 5.73. The summed E-state index contributed by atoms with van der Waals surface area (Å²) in [6, 6.07) is 0. The minimum Gasteiger partial charge on any atom is -0.443 e. The first-order valence-corrected chi connectivity index (χ1v) is 7.03. The van der Waals surface area contributed by atoms with Crippen LogP contribution in [0.3, 0.4) is 0 Å². The minimum absolute atomic E-state index is 0.180. The monoisotopic (exact) mass is 298 g/mol. The highest BCUT2D eigenvalue weighted by Crippen LogP contribution is 2.26. The fourth-order valence-corrected chi connectivity index (χ4v) is 2.27. The number of hydrogen-bond acceptors (Lipinski definition) is 5. The summed E-state index contributed by atoms with van der Waals surface area (Å²) in [6.07, 6.45) is 3.39. The Morgan fingerprint density at radius 2 is 1.95 bits per heavy atom. The number of halogens is 1. The van der Waals surface area contributed by atoms with Crippen LogP contribution in [0.1, 0.15) is 44.9 Å². The smallest absolute Gasteiger partial charge is 0.426 e. The van der Waals surface area contributed by atoms with Crippen molar-refractivity contribution in [3.05, 3.63) is 16.5 Å². The number of anilines is 1. The average molecular weight is 299 g/mol. The third-order valence-corrected chi connectivity index (χ3v) is 3.01. The Hall–Kier alpha value is -1.56. The topological polar surface area (TPSA) is 76.1 Å². The number of nitrogens with one attached hydrogen (secondary N) is 2. The third-order valence-electron chi connectivity index (χ3n) is 2.84. The van der Waals surface area contributed by atoms with E-state index in [1.807, 2.05) is 0 Å². The second-order valence-corrected chi connectivity index (χ2v) is 6.06. The zero-order chi connectivity index (χ0) is 14.8. The summed E-state index contributed by atoms with van der Waals surface area (Å²) >= 11 is 5.90. The van der Waals surface area contributed by atoms with Gasteiger partial charge < -0.3 is 4.74 Å². The Labute approximate surface area is 123 Å². The Balaban J connectivity index is 2.06. The number of amides is 1. The first-order valence-electron chi connectivity index (χ1n) is 6.65. The first kappa shape index (κ1) is 14.8. The van der Waals surface area contributed by atoms with E-state index in [1.165, 1.54) is 0 Å². The largest absolute Gasteiger partial charge is 0.443 e. The molecule has 0 aromatic carbocycles. The van der Waals surface area contributed by atoms with Crippen molar-refractivity contribution in [2.45, 2.75) is 52.1 Å². The Kier molecular flexibility index (Phi) is 4.32. The number of aromatic nitrogens is 2. The third kappa shape index (κ3) is 3.96. The average Bonchev–Trinajstić information content (AvgIpc) is 2.33. The number of hydrazine groups is 1. The lowest BCUT2D eigenvalue weighted by molar-refractivity contribution is 0.0541. The molecule has 2 N–H and O–H groups in total. The number of aryl methyl sites for hydroxylation is 1. The highest BCUT2D eigenvalue weighted by atomic mass is 35.5. The van der Waals surface area contributed by atoms with E-state index in [1.54, 1.807) is 20.8 Å². The van der Waals surface area contributed by atoms with Crippen molar-refractivity contribution < 1.29 is 9.53 Å². The Bertz CT molecular complexity index is 514. The summed E-state index contributed by atoms with van der Waals surface area (Å²) in [5.74, 6) is 0.547. The van der Waals surface area contributed by atoms with Gasteiger partial charge in [0.15, 0.2) is 5.82 Å². The summed E-state index contributed by atoms with van der Waals surface area (Å²) in [7, 11) is 0. The van der Waals surface area contributed by atoms with Crippen molar-refractivity contribution >= 4 is 23.5 Å². The van der Waals surface area contributed by atoms with E-state index >= 15 is 0 Å². The molecule has 1 amide bonds. The number of nitrogens with zero attached hydrogens (tertiary/aromatic N) is 2. The van der Waals surface area contributed by atoms with Gasteiger partial charge in [0.05, 0.1) is 5.69 Å². The van der Waals surface area contributed by atoms with Gasteiger partial charge in [0.1, 0.15) is 5.60 Å². The van der Waals surface area contributed by atoms with E-state index in [2.05, 4.69) is 20.8 Å². The number of carbonyl (C=O) groups is 1. The van der Waals surface area contributed by atoms with E-state index < -0.39 is 11.7 Å². The SMILES string of the molecule is CC(C)(C)OC(=O)NNc1nc(Cl)nc2c1CCCC2. The lowest BCUT2D eigenvalue weighted by Gasteiger charge is -2.21. The maximum Gasteiger partial charge on any atom is 0.426 e. The predicted octanol–water partition coefficient (Wildman–Crippen LogP) is 2.86. The van der Waals surface area contributed by atoms with Crippen LogP contribution in [0.15, 0.2) is 0 Å². The quantitative estimate of drug-likeness (QED) is 0.648. The van der Waals surface area contributed by atoms with Crippen LogP contribution in [0.4, 0.5) is 10.6 Å². The molecule has 110 valence electrons. The maximum absolute atomic E-state index is 11.6. The van der Waals surface area contributed by atoms with Crippen molar-refractivity contribution in [1.29, 1.82) is 0 Å². The molecule has 1 heterocycles. The van der Waals surface area contributed by atoms with Crippen LogP contribution in [0.2, 0.25) is 5.28 Å². The van der Waals surface area contributed by atoms with Gasteiger partial charge >= 0.3 is 6.09 Å². The lowest BCUT2D eigenvalue weighted by atomic mass is 9.97. The number of hydrogen-bond donors (Lipinski definition) is 2. The first-order chi connectivity index (χ1) is 9.35. The van der Waals surface area contributed by atoms with Crippen molar-refractivity contribution in [2.75, 3.05) is 5.43 Å². The van der Waals surface area contributed by atoms with Crippen LogP contribution in [0, 0.1) is 0 Å². The van der Waals surface area contributed by atoms with Crippen LogP contribution < -0.4 is 10.9 Å². The number of rotatable bonds is 2. The Morgan fingerprint density at radius 3 is 2.65 bits per heavy atom. The van der Waals surface area contributed by atoms with Crippen molar-refractivity contribution in [3.8, 4) is 0 Å². The molecule has 0 saturated heterocycles. The molecule has 20 heavy (non-hydrogen) atoms. The zero-order valence-electron chi connectivity index (χ0n) is 11.9. The molecule has 2 rings (SSSR count). The molecule has 0 unspecified atom stereocenters. The fraction of sp³-hybridized carbons (Fsp3) is 0.615. The van der Waals surface area contributed by atoms with Gasteiger partial charge in [-0.2, -0.15) is 4.98 Å². The molecule has 0 aliphatic heterocycles. The summed E-state index contributed by atoms with van der Waals surface area (Å²) in [5.41, 5.74) is 6.66. The van der Waals surface area contributed by atoms with Gasteiger partial charge in [-0.1, -0.05) is 0 Å². The molecule has 7 heteroatoms. The zero-order valence-corrected chi connectivity index (χ0v) is 12.7. The van der Waals surface area contributed by atoms with Crippen LogP contribution in [0.25, 0.3) is 0 Å². The molecule has 1 aromatic rings. The summed E-state index contributed by atoms with van der Waals surface area (Å²) in [6.45, 7) is 5.40. The van der Waals surface area contributed by atoms with Gasteiger partial charge in [-0.15, -0.1) is 0 Å². The van der Waals surface area contributed by atoms with Crippen LogP contribution in [0.5, 0.6) is 0 Å². The standard InChI is InChI=1S/C13H19ClN4O2/c1-13(2,3)20-12(19)18-17-10-8-6-4-5-7-9(8)15-11(14)16-10/h4-7H2,1-3H3,(H,18,19)(H,15,16,17). The van der Waals surface area contributed by atoms with Gasteiger partial charge in [-0.3, -0.25) is 5.43 Å². The highest BCUT2D eigenvalue weighted by molar-refractivity contribution is 6.28. The van der Waals surface area contributed by atoms with Gasteiger partial charge in [0, 0.05) is 5.56 Å². The van der Waals surface area contributed by atoms with E-state index in [0.717, 1.165) is 36.9 Å². The van der Waals surface area contributed by atoms with Crippen LogP contribution in [-0.2, 0) is 17.6 Å². The van der Waals surface area contributed by atoms with Gasteiger partial charge in [-0.05, 0) is 58.1 Å². The highest BCUT2D eigenvalue weighted by Gasteiger charge is 2.19. The molecule has 0 atom stereocenters. The number of fused-ring (bicyclic) bond motifs is 1. The molecule has 6 nitrogen and oxygen atoms in total. The van der Waals surface area contributed by atoms with Crippen LogP contribution in [-0.4, -0.2) is 21.7 Å². The number of carbonyl (C=O) groups excluding carboxylic acids is 1. The molecule has 1 aliphatic rings. The van der Waals surface area contributed by atoms with Crippen molar-refractivity contribution in [1.82, 2.24) is 15.4 Å². The maximum atomic E-state index is 11.6. The molecule has 0 bridgehead atoms. The molecule has 1 aliphatic carbocycles. The van der Waals surface area contributed by atoms with Crippen molar-refractivity contribution in [3.63, 3.8) is 0 Å². The molecule has 1 aromatic heterocycles. The van der Waals surface area contributed by atoms with Gasteiger partial charge in [0.25, 0.3) is 0 Å². The van der Waals surface area contributed by atoms with E-state index in [-0.39, 0.29) is 5.28 Å². The summed E-state index contributed by atoms with van der Waals surface area (Å²) in [4.78, 5) is 20.0. The van der Waals surface area contributed by atoms with E-state index in [0.29, 0.717) is 5.82 Å². The summed E-state index contributed by atoms with van der Waals surface area (Å²) in [5, 5.41) is 0.180. The van der Waals surface area contributed by atoms with Gasteiger partial charge in [0.2, 0.25) is 5.28 Å². The van der Waals surface area contributed by atoms with Crippen molar-refractivity contribution in [2.24, 2.45) is 0 Å². The second kappa shape index (κ2) is 5.83. The molecule has 0 radical (unpaired) electrons. The predicted molar refractivity (Wildman–Crippen MR) is 76.7 cm³/mol. The lowest BCUT2D eigenvalue weighted by Crippen LogP contribution is -2.36. The van der Waals surface area contributed by atoms with Gasteiger partial charge in [-0.25, -0.2) is 15.2 Å².